The van der Waals surface area contributed by atoms with Gasteiger partial charge in [0, 0.05) is 5.75 Å². The van der Waals surface area contributed by atoms with Gasteiger partial charge in [0.05, 0.1) is 18.9 Å². The Morgan fingerprint density at radius 3 is 2.48 bits per heavy atom. The summed E-state index contributed by atoms with van der Waals surface area (Å²) < 4.78 is 5.16. The predicted molar refractivity (Wildman–Crippen MR) is 106 cm³/mol. The number of aryl methyl sites for hydroxylation is 2. The van der Waals surface area contributed by atoms with Gasteiger partial charge in [0.2, 0.25) is 5.91 Å². The number of carbonyl (C=O) groups is 1. The number of hydrogen-bond acceptors (Lipinski definition) is 3. The largest absolute Gasteiger partial charge is 0.497 e. The van der Waals surface area contributed by atoms with Crippen LogP contribution in [0, 0.1) is 13.8 Å². The average Bonchev–Trinajstić information content (AvgIpc) is 2.61. The van der Waals surface area contributed by atoms with Crippen LogP contribution in [0.3, 0.4) is 0 Å². The Morgan fingerprint density at radius 1 is 1.16 bits per heavy atom. The predicted octanol–water partition coefficient (Wildman–Crippen LogP) is 4.81. The maximum Gasteiger partial charge on any atom is 0.230 e. The summed E-state index contributed by atoms with van der Waals surface area (Å²) in [5.74, 6) is 2.22. The SMILES string of the molecule is CCC(NC(=O)CSCc1ccc(OC)cc1)c1ccc(C)cc1C. The van der Waals surface area contributed by atoms with Crippen LogP contribution in [0.4, 0.5) is 0 Å². The van der Waals surface area contributed by atoms with Crippen molar-refractivity contribution in [1.82, 2.24) is 5.32 Å². The first-order valence-corrected chi connectivity index (χ1v) is 9.76. The molecule has 0 spiro atoms. The Balaban J connectivity index is 1.85. The Morgan fingerprint density at radius 2 is 1.88 bits per heavy atom. The molecule has 0 aromatic heterocycles. The number of benzene rings is 2. The van der Waals surface area contributed by atoms with Gasteiger partial charge in [0.1, 0.15) is 5.75 Å². The van der Waals surface area contributed by atoms with Crippen LogP contribution < -0.4 is 10.1 Å². The second-order valence-electron chi connectivity index (χ2n) is 6.23. The highest BCUT2D eigenvalue weighted by molar-refractivity contribution is 7.99. The van der Waals surface area contributed by atoms with Crippen LogP contribution in [0.5, 0.6) is 5.75 Å². The lowest BCUT2D eigenvalue weighted by Gasteiger charge is -2.20. The summed E-state index contributed by atoms with van der Waals surface area (Å²) >= 11 is 1.63. The highest BCUT2D eigenvalue weighted by Crippen LogP contribution is 2.22. The minimum Gasteiger partial charge on any atom is -0.497 e. The lowest BCUT2D eigenvalue weighted by atomic mass is 9.97. The average molecular weight is 358 g/mol. The van der Waals surface area contributed by atoms with Crippen molar-refractivity contribution in [3.63, 3.8) is 0 Å². The molecule has 0 fully saturated rings. The first kappa shape index (κ1) is 19.4. The summed E-state index contributed by atoms with van der Waals surface area (Å²) in [5, 5.41) is 3.17. The van der Waals surface area contributed by atoms with E-state index in [9.17, 15) is 4.79 Å². The molecule has 1 unspecified atom stereocenters. The Kier molecular flexibility index (Phi) is 7.38. The van der Waals surface area contributed by atoms with Crippen molar-refractivity contribution in [2.45, 2.75) is 39.0 Å². The fraction of sp³-hybridized carbons (Fsp3) is 0.381. The second kappa shape index (κ2) is 9.52. The molecule has 0 aliphatic carbocycles. The molecule has 2 rings (SSSR count). The highest BCUT2D eigenvalue weighted by atomic mass is 32.2. The molecule has 0 saturated heterocycles. The van der Waals surface area contributed by atoms with Crippen LogP contribution in [0.2, 0.25) is 0 Å². The number of hydrogen-bond donors (Lipinski definition) is 1. The molecule has 2 aromatic carbocycles. The molecule has 0 radical (unpaired) electrons. The molecular formula is C21H27NO2S. The van der Waals surface area contributed by atoms with Crippen LogP contribution in [0.15, 0.2) is 42.5 Å². The molecule has 1 atom stereocenters. The van der Waals surface area contributed by atoms with Gasteiger partial charge >= 0.3 is 0 Å². The van der Waals surface area contributed by atoms with Gasteiger partial charge in [-0.3, -0.25) is 4.79 Å². The Hall–Kier alpha value is -1.94. The maximum atomic E-state index is 12.3. The summed E-state index contributed by atoms with van der Waals surface area (Å²) in [6.07, 6.45) is 0.888. The van der Waals surface area contributed by atoms with Crippen molar-refractivity contribution in [3.05, 3.63) is 64.7 Å². The zero-order valence-electron chi connectivity index (χ0n) is 15.5. The summed E-state index contributed by atoms with van der Waals surface area (Å²) in [4.78, 5) is 12.3. The molecule has 4 heteroatoms. The van der Waals surface area contributed by atoms with Crippen molar-refractivity contribution in [2.75, 3.05) is 12.9 Å². The standard InChI is InChI=1S/C21H27NO2S/c1-5-20(19-11-6-15(2)12-16(19)3)22-21(23)14-25-13-17-7-9-18(24-4)10-8-17/h6-12,20H,5,13-14H2,1-4H3,(H,22,23). The van der Waals surface area contributed by atoms with Gasteiger partial charge in [0.15, 0.2) is 0 Å². The zero-order valence-corrected chi connectivity index (χ0v) is 16.3. The number of ether oxygens (including phenoxy) is 1. The zero-order chi connectivity index (χ0) is 18.2. The van der Waals surface area contributed by atoms with Crippen molar-refractivity contribution in [3.8, 4) is 5.75 Å². The van der Waals surface area contributed by atoms with E-state index in [0.717, 1.165) is 17.9 Å². The lowest BCUT2D eigenvalue weighted by molar-refractivity contribution is -0.119. The molecule has 25 heavy (non-hydrogen) atoms. The molecule has 0 aliphatic heterocycles. The number of methoxy groups -OCH3 is 1. The highest BCUT2D eigenvalue weighted by Gasteiger charge is 2.14. The van der Waals surface area contributed by atoms with Gasteiger partial charge in [-0.25, -0.2) is 0 Å². The van der Waals surface area contributed by atoms with Crippen LogP contribution >= 0.6 is 11.8 Å². The quantitative estimate of drug-likeness (QED) is 0.736. The van der Waals surface area contributed by atoms with Crippen LogP contribution in [0.1, 0.15) is 41.6 Å². The van der Waals surface area contributed by atoms with Gasteiger partial charge in [-0.2, -0.15) is 0 Å². The Labute approximate surface area is 155 Å². The molecular weight excluding hydrogens is 330 g/mol. The third-order valence-electron chi connectivity index (χ3n) is 4.21. The van der Waals surface area contributed by atoms with E-state index in [1.165, 1.54) is 22.3 Å². The fourth-order valence-corrected chi connectivity index (χ4v) is 3.63. The third-order valence-corrected chi connectivity index (χ3v) is 5.21. The van der Waals surface area contributed by atoms with Gasteiger partial charge in [-0.15, -0.1) is 11.8 Å². The molecule has 1 amide bonds. The first-order chi connectivity index (χ1) is 12.0. The first-order valence-electron chi connectivity index (χ1n) is 8.60. The monoisotopic (exact) mass is 357 g/mol. The number of thioether (sulfide) groups is 1. The summed E-state index contributed by atoms with van der Waals surface area (Å²) in [6, 6.07) is 14.5. The van der Waals surface area contributed by atoms with E-state index in [2.05, 4.69) is 44.3 Å². The molecule has 3 nitrogen and oxygen atoms in total. The lowest BCUT2D eigenvalue weighted by Crippen LogP contribution is -2.30. The van der Waals surface area contributed by atoms with E-state index >= 15 is 0 Å². The van der Waals surface area contributed by atoms with E-state index in [4.69, 9.17) is 4.74 Å². The molecule has 2 aromatic rings. The third kappa shape index (κ3) is 5.82. The van der Waals surface area contributed by atoms with Gasteiger partial charge in [-0.05, 0) is 49.1 Å². The smallest absolute Gasteiger partial charge is 0.230 e. The number of amides is 1. The molecule has 1 N–H and O–H groups in total. The van der Waals surface area contributed by atoms with Gasteiger partial charge < -0.3 is 10.1 Å². The summed E-state index contributed by atoms with van der Waals surface area (Å²) in [6.45, 7) is 6.30. The number of rotatable bonds is 8. The van der Waals surface area contributed by atoms with Crippen molar-refractivity contribution in [1.29, 1.82) is 0 Å². The van der Waals surface area contributed by atoms with Crippen molar-refractivity contribution in [2.24, 2.45) is 0 Å². The Bertz CT molecular complexity index is 698. The second-order valence-corrected chi connectivity index (χ2v) is 7.21. The minimum absolute atomic E-state index is 0.0784. The van der Waals surface area contributed by atoms with Crippen molar-refractivity contribution >= 4 is 17.7 Å². The van der Waals surface area contributed by atoms with E-state index in [1.807, 2.05) is 24.3 Å². The fourth-order valence-electron chi connectivity index (χ4n) is 2.84. The van der Waals surface area contributed by atoms with Crippen LogP contribution in [-0.4, -0.2) is 18.8 Å². The molecule has 0 saturated carbocycles. The number of nitrogens with one attached hydrogen (secondary N) is 1. The van der Waals surface area contributed by atoms with Crippen molar-refractivity contribution < 1.29 is 9.53 Å². The summed E-state index contributed by atoms with van der Waals surface area (Å²) in [5.41, 5.74) is 4.89. The van der Waals surface area contributed by atoms with Crippen LogP contribution in [0.25, 0.3) is 0 Å². The van der Waals surface area contributed by atoms with E-state index in [1.54, 1.807) is 18.9 Å². The maximum absolute atomic E-state index is 12.3. The normalized spacial score (nSPS) is 11.8. The summed E-state index contributed by atoms with van der Waals surface area (Å²) in [7, 11) is 1.66. The van der Waals surface area contributed by atoms with Crippen LogP contribution in [-0.2, 0) is 10.5 Å². The molecule has 0 heterocycles. The van der Waals surface area contributed by atoms with E-state index in [0.29, 0.717) is 5.75 Å². The molecule has 0 bridgehead atoms. The van der Waals surface area contributed by atoms with E-state index < -0.39 is 0 Å². The molecule has 0 aliphatic rings. The topological polar surface area (TPSA) is 38.3 Å². The van der Waals surface area contributed by atoms with E-state index in [-0.39, 0.29) is 11.9 Å². The van der Waals surface area contributed by atoms with Gasteiger partial charge in [-0.1, -0.05) is 42.8 Å². The molecule has 134 valence electrons. The van der Waals surface area contributed by atoms with Gasteiger partial charge in [0.25, 0.3) is 0 Å². The number of carbonyl (C=O) groups excluding carboxylic acids is 1. The minimum atomic E-state index is 0.0784.